The molecule has 92 valence electrons. The molecular formula is C16H11NO2. The van der Waals surface area contributed by atoms with Crippen molar-refractivity contribution in [2.24, 2.45) is 7.05 Å². The van der Waals surface area contributed by atoms with E-state index in [1.807, 2.05) is 36.4 Å². The topological polar surface area (TPSA) is 35.1 Å². The number of nitrogens with zero attached hydrogens (tertiary/aromatic N) is 1. The zero-order valence-electron chi connectivity index (χ0n) is 10.4. The van der Waals surface area contributed by atoms with Crippen molar-refractivity contribution >= 4 is 11.0 Å². The van der Waals surface area contributed by atoms with Crippen LogP contribution < -0.4 is 5.56 Å². The summed E-state index contributed by atoms with van der Waals surface area (Å²) in [5.74, 6) is 6.11. The molecule has 3 nitrogen and oxygen atoms in total. The van der Waals surface area contributed by atoms with E-state index in [4.69, 9.17) is 4.52 Å². The van der Waals surface area contributed by atoms with Crippen LogP contribution in [0, 0.1) is 11.8 Å². The molecule has 0 atom stereocenters. The molecule has 0 unspecified atom stereocenters. The van der Waals surface area contributed by atoms with Crippen LogP contribution in [0.4, 0.5) is 0 Å². The van der Waals surface area contributed by atoms with E-state index in [2.05, 4.69) is 11.8 Å². The van der Waals surface area contributed by atoms with Crippen LogP contribution >= 0.6 is 0 Å². The van der Waals surface area contributed by atoms with Crippen molar-refractivity contribution in [3.05, 3.63) is 70.0 Å². The number of hydrogen-bond donors (Lipinski definition) is 0. The zero-order valence-corrected chi connectivity index (χ0v) is 10.4. The van der Waals surface area contributed by atoms with Crippen LogP contribution in [-0.2, 0) is 7.05 Å². The molecule has 3 rings (SSSR count). The predicted molar refractivity (Wildman–Crippen MR) is 73.9 cm³/mol. The van der Waals surface area contributed by atoms with Gasteiger partial charge in [0.1, 0.15) is 0 Å². The Morgan fingerprint density at radius 1 is 1.00 bits per heavy atom. The molecule has 3 heteroatoms. The number of fused-ring (bicyclic) bond motifs is 1. The Hall–Kier alpha value is -2.73. The van der Waals surface area contributed by atoms with E-state index in [0.717, 1.165) is 11.1 Å². The highest BCUT2D eigenvalue weighted by Crippen LogP contribution is 2.12. The normalized spacial score (nSPS) is 10.2. The lowest BCUT2D eigenvalue weighted by Gasteiger charge is -1.90. The fraction of sp³-hybridized carbons (Fsp3) is 0.0625. The van der Waals surface area contributed by atoms with Gasteiger partial charge in [-0.05, 0) is 30.3 Å². The monoisotopic (exact) mass is 249 g/mol. The van der Waals surface area contributed by atoms with Crippen molar-refractivity contribution in [2.75, 3.05) is 0 Å². The van der Waals surface area contributed by atoms with Gasteiger partial charge in [-0.25, -0.2) is 0 Å². The summed E-state index contributed by atoms with van der Waals surface area (Å²) in [7, 11) is 1.59. The summed E-state index contributed by atoms with van der Waals surface area (Å²) in [4.78, 5) is 11.8. The van der Waals surface area contributed by atoms with Crippen molar-refractivity contribution in [3.63, 3.8) is 0 Å². The lowest BCUT2D eigenvalue weighted by Crippen LogP contribution is -2.08. The second-order valence-electron chi connectivity index (χ2n) is 4.22. The maximum absolute atomic E-state index is 11.8. The first-order valence-electron chi connectivity index (χ1n) is 5.91. The van der Waals surface area contributed by atoms with Crippen LogP contribution in [0.2, 0.25) is 0 Å². The zero-order chi connectivity index (χ0) is 13.2. The lowest BCUT2D eigenvalue weighted by atomic mass is 10.1. The maximum Gasteiger partial charge on any atom is 0.290 e. The molecule has 0 aliphatic carbocycles. The van der Waals surface area contributed by atoms with Crippen LogP contribution in [0.25, 0.3) is 11.0 Å². The highest BCUT2D eigenvalue weighted by atomic mass is 16.5. The van der Waals surface area contributed by atoms with Crippen molar-refractivity contribution in [2.45, 2.75) is 0 Å². The van der Waals surface area contributed by atoms with Crippen LogP contribution in [0.5, 0.6) is 0 Å². The molecule has 3 aromatic rings. The fourth-order valence-electron chi connectivity index (χ4n) is 1.88. The van der Waals surface area contributed by atoms with E-state index in [-0.39, 0.29) is 5.56 Å². The molecule has 0 aliphatic heterocycles. The summed E-state index contributed by atoms with van der Waals surface area (Å²) in [5, 5.41) is 0.558. The number of aromatic nitrogens is 1. The molecule has 0 N–H and O–H groups in total. The summed E-state index contributed by atoms with van der Waals surface area (Å²) in [6, 6.07) is 15.1. The van der Waals surface area contributed by atoms with E-state index in [0.29, 0.717) is 11.0 Å². The summed E-state index contributed by atoms with van der Waals surface area (Å²) in [5.41, 5.74) is 2.19. The summed E-state index contributed by atoms with van der Waals surface area (Å²) >= 11 is 0. The molecule has 1 aromatic heterocycles. The Kier molecular flexibility index (Phi) is 2.70. The number of hydrogen-bond acceptors (Lipinski definition) is 2. The Bertz CT molecular complexity index is 845. The molecule has 0 bridgehead atoms. The minimum absolute atomic E-state index is 0.140. The first-order chi connectivity index (χ1) is 9.24. The van der Waals surface area contributed by atoms with Gasteiger partial charge < -0.3 is 4.52 Å². The Labute approximate surface area is 110 Å². The smallest absolute Gasteiger partial charge is 0.290 e. The minimum atomic E-state index is -0.140. The molecule has 0 aliphatic rings. The van der Waals surface area contributed by atoms with Gasteiger partial charge in [-0.2, -0.15) is 4.74 Å². The van der Waals surface area contributed by atoms with Crippen molar-refractivity contribution < 1.29 is 4.52 Å². The Balaban J connectivity index is 2.05. The van der Waals surface area contributed by atoms with Gasteiger partial charge in [0.2, 0.25) is 0 Å². The summed E-state index contributed by atoms with van der Waals surface area (Å²) < 4.78 is 6.49. The average Bonchev–Trinajstić information content (AvgIpc) is 2.73. The van der Waals surface area contributed by atoms with Gasteiger partial charge in [-0.15, -0.1) is 0 Å². The van der Waals surface area contributed by atoms with Gasteiger partial charge in [0.05, 0.1) is 5.39 Å². The molecule has 0 fully saturated rings. The van der Waals surface area contributed by atoms with Gasteiger partial charge >= 0.3 is 0 Å². The number of aryl methyl sites for hydroxylation is 1. The standard InChI is InChI=1S/C16H11NO2/c1-17-16(18)14-11-13(9-10-15(14)19-17)8-7-12-5-3-2-4-6-12/h2-6,9-11H,1H3. The average molecular weight is 249 g/mol. The summed E-state index contributed by atoms with van der Waals surface area (Å²) in [6.45, 7) is 0. The van der Waals surface area contributed by atoms with E-state index in [1.54, 1.807) is 19.2 Å². The molecule has 0 saturated carbocycles. The van der Waals surface area contributed by atoms with Crippen LogP contribution in [0.1, 0.15) is 11.1 Å². The van der Waals surface area contributed by atoms with Crippen LogP contribution in [0.3, 0.4) is 0 Å². The van der Waals surface area contributed by atoms with Crippen molar-refractivity contribution in [1.82, 2.24) is 4.74 Å². The number of rotatable bonds is 0. The quantitative estimate of drug-likeness (QED) is 0.574. The minimum Gasteiger partial charge on any atom is -0.376 e. The number of benzene rings is 2. The second-order valence-corrected chi connectivity index (χ2v) is 4.22. The van der Waals surface area contributed by atoms with Crippen molar-refractivity contribution in [3.8, 4) is 11.8 Å². The van der Waals surface area contributed by atoms with Gasteiger partial charge in [-0.1, -0.05) is 30.0 Å². The van der Waals surface area contributed by atoms with Gasteiger partial charge in [0, 0.05) is 18.2 Å². The molecular weight excluding hydrogens is 238 g/mol. The molecule has 0 radical (unpaired) electrons. The highest BCUT2D eigenvalue weighted by molar-refractivity contribution is 5.77. The summed E-state index contributed by atoms with van der Waals surface area (Å²) in [6.07, 6.45) is 0. The maximum atomic E-state index is 11.8. The van der Waals surface area contributed by atoms with Gasteiger partial charge in [-0.3, -0.25) is 4.79 Å². The van der Waals surface area contributed by atoms with Gasteiger partial charge in [0.25, 0.3) is 5.56 Å². The third kappa shape index (κ3) is 2.16. The largest absolute Gasteiger partial charge is 0.376 e. The Morgan fingerprint density at radius 2 is 1.74 bits per heavy atom. The predicted octanol–water partition coefficient (Wildman–Crippen LogP) is 2.53. The van der Waals surface area contributed by atoms with E-state index in [9.17, 15) is 4.79 Å². The van der Waals surface area contributed by atoms with Crippen LogP contribution in [-0.4, -0.2) is 4.74 Å². The van der Waals surface area contributed by atoms with E-state index >= 15 is 0 Å². The highest BCUT2D eigenvalue weighted by Gasteiger charge is 2.06. The molecule has 1 heterocycles. The lowest BCUT2D eigenvalue weighted by molar-refractivity contribution is 0.324. The fourth-order valence-corrected chi connectivity index (χ4v) is 1.88. The Morgan fingerprint density at radius 3 is 2.53 bits per heavy atom. The molecule has 0 amide bonds. The molecule has 0 saturated heterocycles. The first-order valence-corrected chi connectivity index (χ1v) is 5.91. The second kappa shape index (κ2) is 4.51. The van der Waals surface area contributed by atoms with Crippen LogP contribution in [0.15, 0.2) is 57.8 Å². The third-order valence-corrected chi connectivity index (χ3v) is 2.86. The van der Waals surface area contributed by atoms with Gasteiger partial charge in [0.15, 0.2) is 5.58 Å². The van der Waals surface area contributed by atoms with E-state index in [1.165, 1.54) is 4.74 Å². The van der Waals surface area contributed by atoms with Crippen molar-refractivity contribution in [1.29, 1.82) is 0 Å². The molecule has 2 aromatic carbocycles. The van der Waals surface area contributed by atoms with E-state index < -0.39 is 0 Å². The third-order valence-electron chi connectivity index (χ3n) is 2.86. The molecule has 19 heavy (non-hydrogen) atoms. The first kappa shape index (κ1) is 11.4. The molecule has 0 spiro atoms. The SMILES string of the molecule is Cn1oc2ccc(C#Cc3ccccc3)cc2c1=O.